The molecular weight excluding hydrogens is 607 g/mol. The van der Waals surface area contributed by atoms with Gasteiger partial charge in [0.1, 0.15) is 0 Å². The number of fused-ring (bicyclic) bond motifs is 10. The van der Waals surface area contributed by atoms with E-state index in [0.717, 1.165) is 22.1 Å². The van der Waals surface area contributed by atoms with E-state index in [1.54, 1.807) is 0 Å². The highest BCUT2D eigenvalue weighted by Crippen LogP contribution is 2.62. The van der Waals surface area contributed by atoms with E-state index in [9.17, 15) is 0 Å². The zero-order valence-electron chi connectivity index (χ0n) is 27.9. The van der Waals surface area contributed by atoms with E-state index in [2.05, 4.69) is 159 Å². The van der Waals surface area contributed by atoms with Crippen molar-refractivity contribution in [3.8, 4) is 45.3 Å². The second-order valence-corrected chi connectivity index (χ2v) is 14.0. The van der Waals surface area contributed by atoms with E-state index in [0.29, 0.717) is 17.5 Å². The van der Waals surface area contributed by atoms with Crippen LogP contribution >= 0.6 is 0 Å². The average molecular weight is 640 g/mol. The highest BCUT2D eigenvalue weighted by Gasteiger charge is 2.53. The van der Waals surface area contributed by atoms with Gasteiger partial charge in [0.15, 0.2) is 17.5 Å². The summed E-state index contributed by atoms with van der Waals surface area (Å²) in [7, 11) is 0. The van der Waals surface area contributed by atoms with Crippen LogP contribution in [0.3, 0.4) is 0 Å². The normalized spacial score (nSPS) is 14.5. The van der Waals surface area contributed by atoms with Crippen LogP contribution in [0.4, 0.5) is 0 Å². The second-order valence-electron chi connectivity index (χ2n) is 14.0. The van der Waals surface area contributed by atoms with Crippen LogP contribution in [0.2, 0.25) is 0 Å². The Labute approximate surface area is 292 Å². The molecule has 10 rings (SSSR count). The predicted octanol–water partition coefficient (Wildman–Crippen LogP) is 11.0. The van der Waals surface area contributed by atoms with Crippen LogP contribution in [-0.2, 0) is 10.8 Å². The number of hydrogen-bond acceptors (Lipinski definition) is 3. The fourth-order valence-corrected chi connectivity index (χ4v) is 8.68. The first-order valence-corrected chi connectivity index (χ1v) is 17.3. The van der Waals surface area contributed by atoms with Crippen molar-refractivity contribution in [2.24, 2.45) is 0 Å². The van der Waals surface area contributed by atoms with Crippen LogP contribution in [0.1, 0.15) is 47.2 Å². The molecule has 0 saturated heterocycles. The third-order valence-corrected chi connectivity index (χ3v) is 11.0. The number of nitrogens with zero attached hydrogens (tertiary/aromatic N) is 3. The molecule has 1 heterocycles. The van der Waals surface area contributed by atoms with Gasteiger partial charge in [-0.3, -0.25) is 0 Å². The van der Waals surface area contributed by atoms with Gasteiger partial charge >= 0.3 is 0 Å². The summed E-state index contributed by atoms with van der Waals surface area (Å²) in [6.45, 7) is 4.72. The van der Waals surface area contributed by atoms with Crippen molar-refractivity contribution in [1.82, 2.24) is 15.0 Å². The van der Waals surface area contributed by atoms with Crippen molar-refractivity contribution in [2.75, 3.05) is 0 Å². The number of benzene rings is 7. The zero-order chi connectivity index (χ0) is 33.5. The van der Waals surface area contributed by atoms with Crippen molar-refractivity contribution in [3.63, 3.8) is 0 Å². The van der Waals surface area contributed by atoms with E-state index in [1.807, 2.05) is 18.2 Å². The lowest BCUT2D eigenvalue weighted by Crippen LogP contribution is -2.40. The first-order chi connectivity index (χ1) is 24.5. The third kappa shape index (κ3) is 4.01. The van der Waals surface area contributed by atoms with Gasteiger partial charge in [-0.2, -0.15) is 0 Å². The van der Waals surface area contributed by atoms with Gasteiger partial charge in [0.2, 0.25) is 0 Å². The minimum Gasteiger partial charge on any atom is -0.208 e. The Hall–Kier alpha value is -6.19. The molecule has 0 unspecified atom stereocenters. The maximum atomic E-state index is 5.20. The van der Waals surface area contributed by atoms with Crippen LogP contribution in [0.25, 0.3) is 56.1 Å². The van der Waals surface area contributed by atoms with Gasteiger partial charge in [-0.15, -0.1) is 0 Å². The van der Waals surface area contributed by atoms with Crippen molar-refractivity contribution in [2.45, 2.75) is 24.7 Å². The molecule has 0 radical (unpaired) electrons. The molecular formula is C47H33N3. The largest absolute Gasteiger partial charge is 0.208 e. The molecule has 3 heteroatoms. The van der Waals surface area contributed by atoms with E-state index in [-0.39, 0.29) is 5.41 Å². The second kappa shape index (κ2) is 10.7. The number of hydrogen-bond donors (Lipinski definition) is 0. The van der Waals surface area contributed by atoms with E-state index in [4.69, 9.17) is 15.0 Å². The molecule has 0 amide bonds. The molecule has 0 saturated carbocycles. The molecule has 50 heavy (non-hydrogen) atoms. The lowest BCUT2D eigenvalue weighted by atomic mass is 9.55. The average Bonchev–Trinajstić information content (AvgIpc) is 3.47. The van der Waals surface area contributed by atoms with Gasteiger partial charge in [-0.05, 0) is 67.4 Å². The van der Waals surface area contributed by atoms with Crippen molar-refractivity contribution in [1.29, 1.82) is 0 Å². The van der Waals surface area contributed by atoms with Crippen LogP contribution in [-0.4, -0.2) is 15.0 Å². The monoisotopic (exact) mass is 639 g/mol. The summed E-state index contributed by atoms with van der Waals surface area (Å²) in [5.74, 6) is 1.98. The molecule has 7 aromatic carbocycles. The van der Waals surface area contributed by atoms with Crippen molar-refractivity contribution in [3.05, 3.63) is 197 Å². The standard InChI is InChI=1S/C47H33N3/c1-46(2)38-20-10-12-22-40(38)47(41-23-13-11-21-39(41)46)37-19-9-8-18-35(37)36-27-26-34(29-42(36)47)45-49-43(31-15-4-3-5-16-31)48-44(50-45)33-25-24-30-14-6-7-17-32(30)28-33/h3-29H,1-2H3. The molecule has 0 atom stereocenters. The summed E-state index contributed by atoms with van der Waals surface area (Å²) in [4.78, 5) is 15.4. The highest BCUT2D eigenvalue weighted by atomic mass is 15.0. The number of aromatic nitrogens is 3. The summed E-state index contributed by atoms with van der Waals surface area (Å²) < 4.78 is 0. The minimum absolute atomic E-state index is 0.151. The molecule has 1 aromatic heterocycles. The summed E-state index contributed by atoms with van der Waals surface area (Å²) in [6, 6.07) is 59.0. The molecule has 0 N–H and O–H groups in total. The summed E-state index contributed by atoms with van der Waals surface area (Å²) in [5, 5.41) is 2.34. The fraction of sp³-hybridized carbons (Fsp3) is 0.0851. The Morgan fingerprint density at radius 2 is 0.820 bits per heavy atom. The molecule has 2 aliphatic rings. The summed E-state index contributed by atoms with van der Waals surface area (Å²) in [6.07, 6.45) is 0. The smallest absolute Gasteiger partial charge is 0.164 e. The lowest BCUT2D eigenvalue weighted by molar-refractivity contribution is 0.563. The Morgan fingerprint density at radius 1 is 0.340 bits per heavy atom. The number of rotatable bonds is 3. The van der Waals surface area contributed by atoms with Crippen molar-refractivity contribution >= 4 is 10.8 Å². The Morgan fingerprint density at radius 3 is 1.50 bits per heavy atom. The third-order valence-electron chi connectivity index (χ3n) is 11.0. The Kier molecular flexibility index (Phi) is 6.13. The van der Waals surface area contributed by atoms with Gasteiger partial charge in [0.05, 0.1) is 5.41 Å². The summed E-state index contributed by atoms with van der Waals surface area (Å²) >= 11 is 0. The zero-order valence-corrected chi connectivity index (χ0v) is 27.9. The van der Waals surface area contributed by atoms with Gasteiger partial charge in [0, 0.05) is 22.1 Å². The Bertz CT molecular complexity index is 2590. The quantitative estimate of drug-likeness (QED) is 0.193. The lowest BCUT2D eigenvalue weighted by Gasteiger charge is -2.46. The molecule has 2 aliphatic carbocycles. The topological polar surface area (TPSA) is 38.7 Å². The maximum absolute atomic E-state index is 5.20. The van der Waals surface area contributed by atoms with Crippen LogP contribution in [0, 0.1) is 0 Å². The van der Waals surface area contributed by atoms with Gasteiger partial charge in [0.25, 0.3) is 0 Å². The van der Waals surface area contributed by atoms with Crippen molar-refractivity contribution < 1.29 is 0 Å². The van der Waals surface area contributed by atoms with E-state index >= 15 is 0 Å². The van der Waals surface area contributed by atoms with E-state index < -0.39 is 5.41 Å². The Balaban J connectivity index is 1.25. The molecule has 1 spiro atoms. The highest BCUT2D eigenvalue weighted by molar-refractivity contribution is 5.90. The summed E-state index contributed by atoms with van der Waals surface area (Å²) in [5.41, 5.74) is 12.8. The van der Waals surface area contributed by atoms with Gasteiger partial charge < -0.3 is 0 Å². The predicted molar refractivity (Wildman–Crippen MR) is 203 cm³/mol. The minimum atomic E-state index is -0.485. The SMILES string of the molecule is CC1(C)c2ccccc2C2(c3ccccc3-c3ccc(-c4nc(-c5ccccc5)nc(-c5ccc6ccccc6c5)n4)cc32)c2ccccc21. The molecule has 0 aliphatic heterocycles. The van der Waals surface area contributed by atoms with Crippen LogP contribution in [0.15, 0.2) is 164 Å². The first-order valence-electron chi connectivity index (χ1n) is 17.3. The van der Waals surface area contributed by atoms with Gasteiger partial charge in [-0.1, -0.05) is 166 Å². The molecule has 8 aromatic rings. The van der Waals surface area contributed by atoms with Gasteiger partial charge in [-0.25, -0.2) is 15.0 Å². The van der Waals surface area contributed by atoms with Crippen LogP contribution in [0.5, 0.6) is 0 Å². The molecule has 236 valence electrons. The molecule has 0 bridgehead atoms. The van der Waals surface area contributed by atoms with Crippen LogP contribution < -0.4 is 0 Å². The maximum Gasteiger partial charge on any atom is 0.164 e. The first kappa shape index (κ1) is 28.8. The fourth-order valence-electron chi connectivity index (χ4n) is 8.68. The molecule has 0 fully saturated rings. The van der Waals surface area contributed by atoms with E-state index in [1.165, 1.54) is 49.9 Å². The molecule has 3 nitrogen and oxygen atoms in total.